The van der Waals surface area contributed by atoms with Crippen LogP contribution in [-0.2, 0) is 4.65 Å². The van der Waals surface area contributed by atoms with Gasteiger partial charge in [0, 0.05) is 12.8 Å². The number of rotatable bonds is 1. The van der Waals surface area contributed by atoms with E-state index in [0.717, 1.165) is 18.4 Å². The Kier molecular flexibility index (Phi) is 3.08. The van der Waals surface area contributed by atoms with Crippen LogP contribution in [0.2, 0.25) is 11.5 Å². The maximum Gasteiger partial charge on any atom is 0.280 e. The molecule has 0 amide bonds. The highest BCUT2D eigenvalue weighted by Gasteiger charge is 2.31. The lowest BCUT2D eigenvalue weighted by molar-refractivity contribution is 0.196. The molecule has 0 N–H and O–H groups in total. The Bertz CT molecular complexity index is 332. The van der Waals surface area contributed by atoms with Crippen LogP contribution in [0, 0.1) is 5.41 Å². The summed E-state index contributed by atoms with van der Waals surface area (Å²) in [6, 6.07) is 3.77. The third-order valence-electron chi connectivity index (χ3n) is 2.62. The second-order valence-electron chi connectivity index (χ2n) is 4.75. The lowest BCUT2D eigenvalue weighted by Crippen LogP contribution is -2.48. The fourth-order valence-corrected chi connectivity index (χ4v) is 1.77. The van der Waals surface area contributed by atoms with Crippen LogP contribution in [0.15, 0.2) is 18.3 Å². The molecule has 0 unspecified atom stereocenters. The summed E-state index contributed by atoms with van der Waals surface area (Å²) in [7, 11) is 2.20. The minimum Gasteiger partial charge on any atom is -0.439 e. The summed E-state index contributed by atoms with van der Waals surface area (Å²) in [5.41, 5.74) is 1.34. The van der Waals surface area contributed by atoms with Gasteiger partial charge in [-0.2, -0.15) is 0 Å². The van der Waals surface area contributed by atoms with Crippen molar-refractivity contribution >= 4 is 31.0 Å². The Morgan fingerprint density at radius 1 is 1.53 bits per heavy atom. The topological polar surface area (TPSA) is 22.1 Å². The van der Waals surface area contributed by atoms with Crippen molar-refractivity contribution in [3.05, 3.63) is 23.5 Å². The summed E-state index contributed by atoms with van der Waals surface area (Å²) < 4.78 is 5.78. The molecule has 5 heteroatoms. The van der Waals surface area contributed by atoms with Crippen molar-refractivity contribution in [1.82, 2.24) is 4.98 Å². The highest BCUT2D eigenvalue weighted by Crippen LogP contribution is 2.25. The van der Waals surface area contributed by atoms with Gasteiger partial charge >= 0.3 is 0 Å². The zero-order chi connectivity index (χ0) is 10.9. The molecule has 0 bridgehead atoms. The Balaban J connectivity index is 2.04. The smallest absolute Gasteiger partial charge is 0.280 e. The third kappa shape index (κ3) is 2.76. The number of nitrogens with zero attached hydrogens (tertiary/aromatic N) is 1. The first-order valence-electron chi connectivity index (χ1n) is 5.13. The van der Waals surface area contributed by atoms with E-state index in [9.17, 15) is 0 Å². The molecule has 15 heavy (non-hydrogen) atoms. The Labute approximate surface area is 96.7 Å². The van der Waals surface area contributed by atoms with E-state index in [4.69, 9.17) is 16.3 Å². The lowest BCUT2D eigenvalue weighted by Gasteiger charge is -2.32. The zero-order valence-corrected chi connectivity index (χ0v) is 9.79. The van der Waals surface area contributed by atoms with Crippen LogP contribution in [0.5, 0.6) is 0 Å². The lowest BCUT2D eigenvalue weighted by atomic mass is 9.26. The zero-order valence-electron chi connectivity index (χ0n) is 9.03. The molecule has 1 aliphatic rings. The molecule has 2 rings (SSSR count). The van der Waals surface area contributed by atoms with E-state index in [1.165, 1.54) is 0 Å². The normalized spacial score (nSPS) is 19.8. The molecule has 2 nitrogen and oxygen atoms in total. The van der Waals surface area contributed by atoms with E-state index in [0.29, 0.717) is 5.15 Å². The van der Waals surface area contributed by atoms with Crippen molar-refractivity contribution in [3.63, 3.8) is 0 Å². The van der Waals surface area contributed by atoms with Crippen molar-refractivity contribution in [3.8, 4) is 0 Å². The van der Waals surface area contributed by atoms with Crippen LogP contribution >= 0.6 is 11.6 Å². The van der Waals surface area contributed by atoms with Crippen molar-refractivity contribution in [1.29, 1.82) is 0 Å². The van der Waals surface area contributed by atoms with Crippen LogP contribution in [-0.4, -0.2) is 25.6 Å². The predicted molar refractivity (Wildman–Crippen MR) is 64.9 cm³/mol. The van der Waals surface area contributed by atoms with E-state index in [1.54, 1.807) is 12.3 Å². The van der Waals surface area contributed by atoms with Gasteiger partial charge in [-0.05, 0) is 16.9 Å². The van der Waals surface area contributed by atoms with Gasteiger partial charge in [0.05, 0.1) is 0 Å². The number of pyridine rings is 1. The molecule has 0 atom stereocenters. The van der Waals surface area contributed by atoms with Crippen LogP contribution in [0.4, 0.5) is 0 Å². The molecule has 0 saturated carbocycles. The van der Waals surface area contributed by atoms with Crippen molar-refractivity contribution < 1.29 is 4.65 Å². The van der Waals surface area contributed by atoms with Crippen molar-refractivity contribution in [2.45, 2.75) is 20.2 Å². The molecule has 1 aromatic rings. The van der Waals surface area contributed by atoms with Gasteiger partial charge in [-0.1, -0.05) is 37.8 Å². The van der Waals surface area contributed by atoms with Gasteiger partial charge in [0.1, 0.15) is 12.3 Å². The highest BCUT2D eigenvalue weighted by molar-refractivity contribution is 7.16. The molecule has 0 aliphatic carbocycles. The maximum absolute atomic E-state index is 5.78. The van der Waals surface area contributed by atoms with Crippen molar-refractivity contribution in [2.24, 2.45) is 5.41 Å². The van der Waals surface area contributed by atoms with Gasteiger partial charge < -0.3 is 4.65 Å². The van der Waals surface area contributed by atoms with Gasteiger partial charge in [0.25, 0.3) is 6.81 Å². The Morgan fingerprint density at radius 3 is 2.87 bits per heavy atom. The molecule has 1 saturated heterocycles. The molecular formula is C10H13B2ClNO. The summed E-state index contributed by atoms with van der Waals surface area (Å²) in [5, 5.41) is 0.523. The van der Waals surface area contributed by atoms with Crippen LogP contribution in [0.25, 0.3) is 0 Å². The number of aromatic nitrogens is 1. The molecule has 2 heterocycles. The molecule has 1 aliphatic heterocycles. The maximum atomic E-state index is 5.78. The van der Waals surface area contributed by atoms with E-state index in [1.807, 2.05) is 6.07 Å². The minimum atomic E-state index is 0.0720. The summed E-state index contributed by atoms with van der Waals surface area (Å²) in [5.74, 6) is 0. The Hall–Kier alpha value is -0.470. The standard InChI is InChI=1S/C10H13B2ClNO/c1-10(2)6-11-12(15-7-10)8-3-4-9(13)14-5-8/h3-5H,6-7H2,1-2H3. The average molecular weight is 220 g/mol. The number of hydrogen-bond donors (Lipinski definition) is 0. The SMILES string of the molecule is CC1(C)C[B]B(c2ccc(Cl)nc2)OC1. The van der Waals surface area contributed by atoms with Gasteiger partial charge in [0.15, 0.2) is 0 Å². The molecule has 1 radical (unpaired) electrons. The molecule has 0 aromatic carbocycles. The molecular weight excluding hydrogens is 207 g/mol. The average Bonchev–Trinajstić information content (AvgIpc) is 2.20. The van der Waals surface area contributed by atoms with Gasteiger partial charge in [-0.15, -0.1) is 0 Å². The second-order valence-corrected chi connectivity index (χ2v) is 5.14. The summed E-state index contributed by atoms with van der Waals surface area (Å²) in [6.07, 6.45) is 2.85. The van der Waals surface area contributed by atoms with Crippen LogP contribution in [0.1, 0.15) is 13.8 Å². The fourth-order valence-electron chi connectivity index (χ4n) is 1.66. The summed E-state index contributed by atoms with van der Waals surface area (Å²) in [4.78, 5) is 4.06. The quantitative estimate of drug-likeness (QED) is 0.530. The first-order valence-corrected chi connectivity index (χ1v) is 5.51. The van der Waals surface area contributed by atoms with Crippen LogP contribution in [0.3, 0.4) is 0 Å². The number of halogens is 1. The van der Waals surface area contributed by atoms with Gasteiger partial charge in [-0.3, -0.25) is 0 Å². The first kappa shape index (κ1) is 11.0. The minimum absolute atomic E-state index is 0.0720. The predicted octanol–water partition coefficient (Wildman–Crippen LogP) is 1.61. The summed E-state index contributed by atoms with van der Waals surface area (Å²) >= 11 is 5.73. The molecule has 1 aromatic heterocycles. The van der Waals surface area contributed by atoms with Crippen LogP contribution < -0.4 is 5.46 Å². The van der Waals surface area contributed by atoms with Crippen molar-refractivity contribution in [2.75, 3.05) is 6.61 Å². The largest absolute Gasteiger partial charge is 0.439 e. The van der Waals surface area contributed by atoms with E-state index in [2.05, 4.69) is 26.0 Å². The molecule has 77 valence electrons. The van der Waals surface area contributed by atoms with E-state index < -0.39 is 0 Å². The highest BCUT2D eigenvalue weighted by atomic mass is 35.5. The second kappa shape index (κ2) is 4.18. The summed E-state index contributed by atoms with van der Waals surface area (Å²) in [6.45, 7) is 5.28. The first-order chi connectivity index (χ1) is 7.07. The van der Waals surface area contributed by atoms with E-state index >= 15 is 0 Å². The molecule has 1 fully saturated rings. The third-order valence-corrected chi connectivity index (χ3v) is 2.84. The van der Waals surface area contributed by atoms with Gasteiger partial charge in [-0.25, -0.2) is 4.98 Å². The fraction of sp³-hybridized carbons (Fsp3) is 0.500. The Morgan fingerprint density at radius 2 is 2.33 bits per heavy atom. The number of hydrogen-bond acceptors (Lipinski definition) is 2. The molecule has 0 spiro atoms. The monoisotopic (exact) mass is 220 g/mol. The van der Waals surface area contributed by atoms with Gasteiger partial charge in [0.2, 0.25) is 0 Å². The van der Waals surface area contributed by atoms with E-state index in [-0.39, 0.29) is 12.2 Å².